The molecular weight excluding hydrogens is 272 g/mol. The van der Waals surface area contributed by atoms with Gasteiger partial charge in [0.05, 0.1) is 0 Å². The molecule has 3 aliphatic rings. The Morgan fingerprint density at radius 1 is 1.23 bits per heavy atom. The largest absolute Gasteiger partial charge is 0.356 e. The first-order valence-electron chi connectivity index (χ1n) is 8.84. The van der Waals surface area contributed by atoms with Gasteiger partial charge in [-0.2, -0.15) is 0 Å². The zero-order valence-corrected chi connectivity index (χ0v) is 13.2. The lowest BCUT2D eigenvalue weighted by Gasteiger charge is -2.35. The highest BCUT2D eigenvalue weighted by molar-refractivity contribution is 5.77. The summed E-state index contributed by atoms with van der Waals surface area (Å²) in [6, 6.07) is 8.86. The Balaban J connectivity index is 1.49. The molecule has 1 spiro atoms. The number of piperidine rings is 1. The Labute approximate surface area is 132 Å². The van der Waals surface area contributed by atoms with Gasteiger partial charge in [0.15, 0.2) is 0 Å². The molecule has 1 atom stereocenters. The summed E-state index contributed by atoms with van der Waals surface area (Å²) < 4.78 is 0. The van der Waals surface area contributed by atoms with Gasteiger partial charge in [-0.15, -0.1) is 0 Å². The molecule has 0 unspecified atom stereocenters. The van der Waals surface area contributed by atoms with E-state index in [1.165, 1.54) is 36.8 Å². The van der Waals surface area contributed by atoms with Gasteiger partial charge in [0.2, 0.25) is 5.91 Å². The summed E-state index contributed by atoms with van der Waals surface area (Å²) in [4.78, 5) is 12.3. The van der Waals surface area contributed by atoms with Crippen LogP contribution in [-0.4, -0.2) is 25.5 Å². The van der Waals surface area contributed by atoms with E-state index in [1.807, 2.05) is 0 Å². The Morgan fingerprint density at radius 2 is 2.00 bits per heavy atom. The molecule has 4 rings (SSSR count). The average Bonchev–Trinajstić information content (AvgIpc) is 3.33. The molecule has 1 saturated carbocycles. The molecule has 22 heavy (non-hydrogen) atoms. The molecule has 1 saturated heterocycles. The standard InChI is InChI=1S/C19H26N2O/c22-18(21-13-14-5-6-14)11-15-12-19(7-9-20-10-8-19)17-4-2-1-3-16(15)17/h1-4,14-15,20H,5-13H2,(H,21,22)/t15-/m1/s1. The van der Waals surface area contributed by atoms with Gasteiger partial charge in [-0.1, -0.05) is 24.3 Å². The van der Waals surface area contributed by atoms with Crippen LogP contribution in [-0.2, 0) is 10.2 Å². The fourth-order valence-corrected chi connectivity index (χ4v) is 4.46. The minimum atomic E-state index is 0.248. The molecule has 3 heteroatoms. The summed E-state index contributed by atoms with van der Waals surface area (Å²) in [5.74, 6) is 1.42. The predicted octanol–water partition coefficient (Wildman–Crippen LogP) is 2.71. The number of hydrogen-bond donors (Lipinski definition) is 2. The van der Waals surface area contributed by atoms with Crippen LogP contribution in [0, 0.1) is 5.92 Å². The van der Waals surface area contributed by atoms with E-state index in [9.17, 15) is 4.79 Å². The van der Waals surface area contributed by atoms with Gasteiger partial charge in [0, 0.05) is 13.0 Å². The summed E-state index contributed by atoms with van der Waals surface area (Å²) in [5, 5.41) is 6.63. The molecule has 0 bridgehead atoms. The van der Waals surface area contributed by atoms with Crippen LogP contribution in [0.1, 0.15) is 55.6 Å². The number of nitrogens with one attached hydrogen (secondary N) is 2. The lowest BCUT2D eigenvalue weighted by molar-refractivity contribution is -0.121. The van der Waals surface area contributed by atoms with E-state index in [4.69, 9.17) is 0 Å². The topological polar surface area (TPSA) is 41.1 Å². The molecule has 3 nitrogen and oxygen atoms in total. The fraction of sp³-hybridized carbons (Fsp3) is 0.632. The number of carbonyl (C=O) groups excluding carboxylic acids is 1. The molecule has 0 aromatic heterocycles. The van der Waals surface area contributed by atoms with E-state index in [2.05, 4.69) is 34.9 Å². The van der Waals surface area contributed by atoms with E-state index in [1.54, 1.807) is 0 Å². The van der Waals surface area contributed by atoms with E-state index in [0.29, 0.717) is 17.8 Å². The maximum atomic E-state index is 12.3. The van der Waals surface area contributed by atoms with Crippen molar-refractivity contribution in [2.45, 2.75) is 49.9 Å². The first-order chi connectivity index (χ1) is 10.8. The van der Waals surface area contributed by atoms with Crippen LogP contribution in [0.25, 0.3) is 0 Å². The van der Waals surface area contributed by atoms with Gasteiger partial charge >= 0.3 is 0 Å². The number of amides is 1. The predicted molar refractivity (Wildman–Crippen MR) is 87.9 cm³/mol. The maximum Gasteiger partial charge on any atom is 0.220 e. The summed E-state index contributed by atoms with van der Waals surface area (Å²) in [6.07, 6.45) is 6.84. The van der Waals surface area contributed by atoms with Crippen molar-refractivity contribution < 1.29 is 4.79 Å². The summed E-state index contributed by atoms with van der Waals surface area (Å²) in [5.41, 5.74) is 3.28. The average molecular weight is 298 g/mol. The SMILES string of the molecule is O=C(C[C@@H]1CC2(CCNCC2)c2ccccc21)NCC1CC1. The molecule has 1 aromatic carbocycles. The molecule has 0 radical (unpaired) electrons. The molecule has 1 amide bonds. The smallest absolute Gasteiger partial charge is 0.220 e. The van der Waals surface area contributed by atoms with Crippen LogP contribution in [0.3, 0.4) is 0 Å². The minimum Gasteiger partial charge on any atom is -0.356 e. The molecule has 1 aliphatic heterocycles. The summed E-state index contributed by atoms with van der Waals surface area (Å²) >= 11 is 0. The van der Waals surface area contributed by atoms with Crippen molar-refractivity contribution in [3.05, 3.63) is 35.4 Å². The fourth-order valence-electron chi connectivity index (χ4n) is 4.46. The van der Waals surface area contributed by atoms with Crippen LogP contribution in [0.5, 0.6) is 0 Å². The van der Waals surface area contributed by atoms with Gasteiger partial charge in [-0.25, -0.2) is 0 Å². The number of benzene rings is 1. The third-order valence-electron chi connectivity index (χ3n) is 5.89. The number of rotatable bonds is 4. The highest BCUT2D eigenvalue weighted by atomic mass is 16.1. The van der Waals surface area contributed by atoms with Crippen molar-refractivity contribution in [3.63, 3.8) is 0 Å². The second kappa shape index (κ2) is 5.69. The van der Waals surface area contributed by atoms with Crippen LogP contribution in [0.4, 0.5) is 0 Å². The van der Waals surface area contributed by atoms with Gasteiger partial charge in [0.1, 0.15) is 0 Å². The van der Waals surface area contributed by atoms with Crippen molar-refractivity contribution in [3.8, 4) is 0 Å². The van der Waals surface area contributed by atoms with Crippen LogP contribution in [0.2, 0.25) is 0 Å². The normalized spacial score (nSPS) is 25.9. The van der Waals surface area contributed by atoms with E-state index in [0.717, 1.165) is 32.0 Å². The lowest BCUT2D eigenvalue weighted by Crippen LogP contribution is -2.38. The second-order valence-electron chi connectivity index (χ2n) is 7.47. The highest BCUT2D eigenvalue weighted by Crippen LogP contribution is 2.51. The third kappa shape index (κ3) is 2.67. The summed E-state index contributed by atoms with van der Waals surface area (Å²) in [7, 11) is 0. The maximum absolute atomic E-state index is 12.3. The molecule has 2 fully saturated rings. The summed E-state index contributed by atoms with van der Waals surface area (Å²) in [6.45, 7) is 3.10. The molecule has 118 valence electrons. The van der Waals surface area contributed by atoms with Crippen molar-refractivity contribution in [1.82, 2.24) is 10.6 Å². The molecule has 2 N–H and O–H groups in total. The van der Waals surface area contributed by atoms with Crippen LogP contribution < -0.4 is 10.6 Å². The van der Waals surface area contributed by atoms with Gasteiger partial charge in [-0.3, -0.25) is 4.79 Å². The van der Waals surface area contributed by atoms with Crippen molar-refractivity contribution in [2.75, 3.05) is 19.6 Å². The van der Waals surface area contributed by atoms with Crippen LogP contribution >= 0.6 is 0 Å². The highest BCUT2D eigenvalue weighted by Gasteiger charge is 2.44. The van der Waals surface area contributed by atoms with Gasteiger partial charge in [0.25, 0.3) is 0 Å². The minimum absolute atomic E-state index is 0.248. The Morgan fingerprint density at radius 3 is 2.77 bits per heavy atom. The Hall–Kier alpha value is -1.35. The molecule has 1 heterocycles. The first-order valence-corrected chi connectivity index (χ1v) is 8.84. The first kappa shape index (κ1) is 14.3. The van der Waals surface area contributed by atoms with Crippen molar-refractivity contribution in [1.29, 1.82) is 0 Å². The third-order valence-corrected chi connectivity index (χ3v) is 5.89. The second-order valence-corrected chi connectivity index (χ2v) is 7.47. The van der Waals surface area contributed by atoms with E-state index >= 15 is 0 Å². The van der Waals surface area contributed by atoms with Gasteiger partial charge < -0.3 is 10.6 Å². The lowest BCUT2D eigenvalue weighted by atomic mass is 9.73. The number of carbonyl (C=O) groups is 1. The number of fused-ring (bicyclic) bond motifs is 2. The van der Waals surface area contributed by atoms with E-state index < -0.39 is 0 Å². The Kier molecular flexibility index (Phi) is 3.69. The quantitative estimate of drug-likeness (QED) is 0.897. The zero-order valence-electron chi connectivity index (χ0n) is 13.2. The molecular formula is C19H26N2O. The Bertz CT molecular complexity index is 558. The monoisotopic (exact) mass is 298 g/mol. The van der Waals surface area contributed by atoms with E-state index in [-0.39, 0.29) is 5.91 Å². The van der Waals surface area contributed by atoms with Crippen molar-refractivity contribution in [2.24, 2.45) is 5.92 Å². The number of hydrogen-bond acceptors (Lipinski definition) is 2. The molecule has 1 aromatic rings. The zero-order chi connectivity index (χ0) is 15.0. The van der Waals surface area contributed by atoms with Crippen molar-refractivity contribution >= 4 is 5.91 Å². The van der Waals surface area contributed by atoms with Gasteiger partial charge in [-0.05, 0) is 73.6 Å². The molecule has 2 aliphatic carbocycles. The van der Waals surface area contributed by atoms with Crippen LogP contribution in [0.15, 0.2) is 24.3 Å².